The minimum atomic E-state index is -3.58. The van der Waals surface area contributed by atoms with Gasteiger partial charge in [-0.2, -0.15) is 13.9 Å². The average molecular weight is 269 g/mol. The SMILES string of the molecule is NCC(F)(F)C(=O)Nc1[nH]ncc1Br. The summed E-state index contributed by atoms with van der Waals surface area (Å²) in [5, 5.41) is 7.80. The van der Waals surface area contributed by atoms with Crippen LogP contribution in [-0.4, -0.2) is 28.6 Å². The second-order valence-electron chi connectivity index (χ2n) is 2.46. The molecule has 1 heterocycles. The van der Waals surface area contributed by atoms with Gasteiger partial charge in [-0.05, 0) is 15.9 Å². The molecule has 0 aliphatic heterocycles. The first kappa shape index (κ1) is 11.1. The molecule has 78 valence electrons. The Morgan fingerprint density at radius 3 is 2.86 bits per heavy atom. The number of nitrogens with zero attached hydrogens (tertiary/aromatic N) is 1. The van der Waals surface area contributed by atoms with Gasteiger partial charge in [0.05, 0.1) is 17.2 Å². The number of aromatic amines is 1. The lowest BCUT2D eigenvalue weighted by molar-refractivity contribution is -0.138. The lowest BCUT2D eigenvalue weighted by atomic mass is 10.3. The van der Waals surface area contributed by atoms with Gasteiger partial charge in [-0.1, -0.05) is 0 Å². The van der Waals surface area contributed by atoms with E-state index in [2.05, 4.69) is 26.1 Å². The fraction of sp³-hybridized carbons (Fsp3) is 0.333. The second-order valence-corrected chi connectivity index (χ2v) is 3.31. The Labute approximate surface area is 86.2 Å². The first-order chi connectivity index (χ1) is 6.47. The van der Waals surface area contributed by atoms with Crippen LogP contribution in [0.15, 0.2) is 10.7 Å². The molecule has 0 unspecified atom stereocenters. The molecule has 0 radical (unpaired) electrons. The molecular formula is C6H7BrF2N4O. The standard InChI is InChI=1S/C6H7BrF2N4O/c7-3-1-11-13-4(3)12-5(14)6(8,9)2-10/h1H,2,10H2,(H2,11,12,13,14). The van der Waals surface area contributed by atoms with E-state index in [9.17, 15) is 13.6 Å². The number of aromatic nitrogens is 2. The van der Waals surface area contributed by atoms with Crippen molar-refractivity contribution in [3.63, 3.8) is 0 Å². The average Bonchev–Trinajstić information content (AvgIpc) is 2.52. The van der Waals surface area contributed by atoms with Crippen LogP contribution in [0.5, 0.6) is 0 Å². The molecule has 1 rings (SSSR count). The largest absolute Gasteiger partial charge is 0.336 e. The summed E-state index contributed by atoms with van der Waals surface area (Å²) >= 11 is 3.00. The molecule has 8 heteroatoms. The second kappa shape index (κ2) is 4.01. The van der Waals surface area contributed by atoms with Gasteiger partial charge in [-0.3, -0.25) is 9.89 Å². The number of H-pyrrole nitrogens is 1. The topological polar surface area (TPSA) is 83.8 Å². The number of hydrogen-bond donors (Lipinski definition) is 3. The van der Waals surface area contributed by atoms with Crippen molar-refractivity contribution in [1.29, 1.82) is 0 Å². The summed E-state index contributed by atoms with van der Waals surface area (Å²) in [7, 11) is 0. The van der Waals surface area contributed by atoms with Gasteiger partial charge in [0.2, 0.25) is 0 Å². The van der Waals surface area contributed by atoms with Crippen LogP contribution >= 0.6 is 15.9 Å². The first-order valence-electron chi connectivity index (χ1n) is 3.55. The third kappa shape index (κ3) is 2.26. The molecule has 0 spiro atoms. The number of amides is 1. The van der Waals surface area contributed by atoms with E-state index in [0.717, 1.165) is 0 Å². The minimum Gasteiger partial charge on any atom is -0.325 e. The highest BCUT2D eigenvalue weighted by atomic mass is 79.9. The molecule has 5 nitrogen and oxygen atoms in total. The third-order valence-electron chi connectivity index (χ3n) is 1.42. The molecule has 0 bridgehead atoms. The molecule has 0 saturated carbocycles. The maximum atomic E-state index is 12.7. The van der Waals surface area contributed by atoms with Crippen molar-refractivity contribution in [1.82, 2.24) is 10.2 Å². The summed E-state index contributed by atoms with van der Waals surface area (Å²) in [6.45, 7) is -1.04. The third-order valence-corrected chi connectivity index (χ3v) is 2.02. The summed E-state index contributed by atoms with van der Waals surface area (Å²) < 4.78 is 25.8. The molecule has 1 amide bonds. The van der Waals surface area contributed by atoms with Crippen molar-refractivity contribution in [3.05, 3.63) is 10.7 Å². The Bertz CT molecular complexity index is 340. The monoisotopic (exact) mass is 268 g/mol. The van der Waals surface area contributed by atoms with Crippen molar-refractivity contribution >= 4 is 27.7 Å². The van der Waals surface area contributed by atoms with E-state index in [4.69, 9.17) is 5.73 Å². The normalized spacial score (nSPS) is 11.4. The predicted octanol–water partition coefficient (Wildman–Crippen LogP) is 0.705. The number of anilines is 1. The van der Waals surface area contributed by atoms with Crippen molar-refractivity contribution in [2.45, 2.75) is 5.92 Å². The van der Waals surface area contributed by atoms with Gasteiger partial charge >= 0.3 is 5.92 Å². The number of carbonyl (C=O) groups excluding carboxylic acids is 1. The van der Waals surface area contributed by atoms with Crippen LogP contribution < -0.4 is 11.1 Å². The fourth-order valence-corrected chi connectivity index (χ4v) is 0.947. The Hall–Kier alpha value is -1.02. The van der Waals surface area contributed by atoms with E-state index in [-0.39, 0.29) is 5.82 Å². The van der Waals surface area contributed by atoms with Gasteiger partial charge in [0.15, 0.2) is 0 Å². The molecule has 1 aromatic heterocycles. The Morgan fingerprint density at radius 1 is 1.79 bits per heavy atom. The lowest BCUT2D eigenvalue weighted by Crippen LogP contribution is -2.41. The van der Waals surface area contributed by atoms with Gasteiger partial charge in [0.1, 0.15) is 5.82 Å². The molecule has 0 fully saturated rings. The summed E-state index contributed by atoms with van der Waals surface area (Å²) in [4.78, 5) is 10.9. The number of carbonyl (C=O) groups is 1. The predicted molar refractivity (Wildman–Crippen MR) is 48.9 cm³/mol. The molecule has 1 aromatic rings. The minimum absolute atomic E-state index is 0.0723. The van der Waals surface area contributed by atoms with Crippen molar-refractivity contribution in [3.8, 4) is 0 Å². The Kier molecular flexibility index (Phi) is 3.17. The van der Waals surface area contributed by atoms with Crippen LogP contribution in [0.4, 0.5) is 14.6 Å². The quantitative estimate of drug-likeness (QED) is 0.755. The molecule has 0 aliphatic carbocycles. The number of rotatable bonds is 3. The molecule has 14 heavy (non-hydrogen) atoms. The molecule has 0 aliphatic rings. The number of nitrogens with two attached hydrogens (primary N) is 1. The van der Waals surface area contributed by atoms with Crippen LogP contribution in [0.3, 0.4) is 0 Å². The zero-order valence-electron chi connectivity index (χ0n) is 6.85. The summed E-state index contributed by atoms with van der Waals surface area (Å²) in [5.41, 5.74) is 4.73. The van der Waals surface area contributed by atoms with E-state index >= 15 is 0 Å². The van der Waals surface area contributed by atoms with Gasteiger partial charge in [0.25, 0.3) is 5.91 Å². The van der Waals surface area contributed by atoms with Gasteiger partial charge < -0.3 is 11.1 Å². The maximum absolute atomic E-state index is 12.7. The number of nitrogens with one attached hydrogen (secondary N) is 2. The van der Waals surface area contributed by atoms with Crippen LogP contribution in [0.2, 0.25) is 0 Å². The molecular weight excluding hydrogens is 262 g/mol. The van der Waals surface area contributed by atoms with Crippen LogP contribution in [0.1, 0.15) is 0 Å². The fourth-order valence-electron chi connectivity index (χ4n) is 0.657. The van der Waals surface area contributed by atoms with E-state index in [0.29, 0.717) is 4.47 Å². The zero-order valence-corrected chi connectivity index (χ0v) is 8.44. The number of hydrogen-bond acceptors (Lipinski definition) is 3. The molecule has 0 atom stereocenters. The van der Waals surface area contributed by atoms with Crippen LogP contribution in [0, 0.1) is 0 Å². The van der Waals surface area contributed by atoms with Crippen molar-refractivity contribution in [2.75, 3.05) is 11.9 Å². The molecule has 0 saturated heterocycles. The highest BCUT2D eigenvalue weighted by Crippen LogP contribution is 2.20. The van der Waals surface area contributed by atoms with Gasteiger partial charge in [-0.15, -0.1) is 0 Å². The highest BCUT2D eigenvalue weighted by molar-refractivity contribution is 9.10. The highest BCUT2D eigenvalue weighted by Gasteiger charge is 2.37. The maximum Gasteiger partial charge on any atom is 0.336 e. The van der Waals surface area contributed by atoms with Crippen molar-refractivity contribution in [2.24, 2.45) is 5.73 Å². The first-order valence-corrected chi connectivity index (χ1v) is 4.35. The van der Waals surface area contributed by atoms with Crippen molar-refractivity contribution < 1.29 is 13.6 Å². The number of alkyl halides is 2. The number of halogens is 3. The zero-order chi connectivity index (χ0) is 10.8. The van der Waals surface area contributed by atoms with Crippen LogP contribution in [0.25, 0.3) is 0 Å². The van der Waals surface area contributed by atoms with E-state index in [1.165, 1.54) is 6.20 Å². The summed E-state index contributed by atoms with van der Waals surface area (Å²) in [6.07, 6.45) is 1.33. The Morgan fingerprint density at radius 2 is 2.43 bits per heavy atom. The molecule has 0 aromatic carbocycles. The van der Waals surface area contributed by atoms with Gasteiger partial charge in [-0.25, -0.2) is 0 Å². The smallest absolute Gasteiger partial charge is 0.325 e. The molecule has 4 N–H and O–H groups in total. The summed E-state index contributed by atoms with van der Waals surface area (Å²) in [6, 6.07) is 0. The lowest BCUT2D eigenvalue weighted by Gasteiger charge is -2.12. The Balaban J connectivity index is 2.71. The van der Waals surface area contributed by atoms with E-state index in [1.807, 2.05) is 5.32 Å². The van der Waals surface area contributed by atoms with Crippen LogP contribution in [-0.2, 0) is 4.79 Å². The van der Waals surface area contributed by atoms with E-state index in [1.54, 1.807) is 0 Å². The summed E-state index contributed by atoms with van der Waals surface area (Å²) in [5.74, 6) is -4.97. The van der Waals surface area contributed by atoms with Gasteiger partial charge in [0, 0.05) is 0 Å². The van der Waals surface area contributed by atoms with E-state index < -0.39 is 18.4 Å².